The number of alkyl halides is 6. The molecule has 36 heavy (non-hydrogen) atoms. The van der Waals surface area contributed by atoms with Gasteiger partial charge in [0.15, 0.2) is 0 Å². The normalized spacial score (nSPS) is 12.8. The molecule has 0 unspecified atom stereocenters. The van der Waals surface area contributed by atoms with Crippen LogP contribution in [0.1, 0.15) is 37.6 Å². The number of rotatable bonds is 4. The number of aromatic nitrogens is 2. The predicted octanol–water partition coefficient (Wildman–Crippen LogP) is 6.97. The van der Waals surface area contributed by atoms with Crippen LogP contribution < -0.4 is 16.2 Å². The molecule has 0 radical (unpaired) electrons. The molecule has 2 nitrogen and oxygen atoms in total. The number of imidazole rings is 1. The van der Waals surface area contributed by atoms with Crippen LogP contribution in [0.2, 0.25) is 0 Å². The summed E-state index contributed by atoms with van der Waals surface area (Å²) in [5.74, 6) is 0. The summed E-state index contributed by atoms with van der Waals surface area (Å²) < 4.78 is 84.2. The number of hydrogen-bond acceptors (Lipinski definition) is 1. The highest BCUT2D eigenvalue weighted by atomic mass is 31.1. The van der Waals surface area contributed by atoms with Gasteiger partial charge in [-0.1, -0.05) is 81.4 Å². The van der Waals surface area contributed by atoms with E-state index >= 15 is 0 Å². The molecular formula is C27H23F6N2P. The lowest BCUT2D eigenvalue weighted by molar-refractivity contribution is -0.141. The third kappa shape index (κ3) is 5.34. The molecule has 0 aliphatic carbocycles. The van der Waals surface area contributed by atoms with Gasteiger partial charge < -0.3 is 0 Å². The van der Waals surface area contributed by atoms with Crippen LogP contribution in [0.15, 0.2) is 85.1 Å². The molecule has 4 aromatic rings. The van der Waals surface area contributed by atoms with Crippen LogP contribution >= 0.6 is 7.92 Å². The average molecular weight is 520 g/mol. The minimum atomic E-state index is -4.87. The first-order valence-electron chi connectivity index (χ1n) is 11.1. The van der Waals surface area contributed by atoms with Crippen molar-refractivity contribution < 1.29 is 26.3 Å². The monoisotopic (exact) mass is 520 g/mol. The molecule has 0 bridgehead atoms. The predicted molar refractivity (Wildman–Crippen MR) is 131 cm³/mol. The first kappa shape index (κ1) is 26.0. The highest BCUT2D eigenvalue weighted by Crippen LogP contribution is 2.41. The van der Waals surface area contributed by atoms with Crippen molar-refractivity contribution in [1.29, 1.82) is 0 Å². The number of hydrogen-bond donors (Lipinski definition) is 0. The number of nitrogens with zero attached hydrogens (tertiary/aromatic N) is 2. The van der Waals surface area contributed by atoms with Gasteiger partial charge >= 0.3 is 12.4 Å². The van der Waals surface area contributed by atoms with E-state index in [4.69, 9.17) is 4.98 Å². The van der Waals surface area contributed by atoms with Crippen molar-refractivity contribution in [2.24, 2.45) is 0 Å². The Hall–Kier alpha value is -3.12. The standard InChI is InChI=1S/C27H23F6N2P/c1-25(2,3)23-17-35(22-16-18(26(28,29)30)14-15-21(22)27(31,32)33)24(34-23)36(19-10-6-4-7-11-19)20-12-8-5-9-13-20/h4-17H,1-3H3. The van der Waals surface area contributed by atoms with Crippen LogP contribution in [0, 0.1) is 0 Å². The van der Waals surface area contributed by atoms with E-state index in [1.165, 1.54) is 10.8 Å². The summed E-state index contributed by atoms with van der Waals surface area (Å²) in [7, 11) is -1.50. The van der Waals surface area contributed by atoms with E-state index in [1.807, 2.05) is 81.4 Å². The van der Waals surface area contributed by atoms with Gasteiger partial charge in [0, 0.05) is 19.5 Å². The van der Waals surface area contributed by atoms with Crippen LogP contribution in [0.3, 0.4) is 0 Å². The molecule has 0 aliphatic heterocycles. The zero-order valence-electron chi connectivity index (χ0n) is 19.7. The maximum Gasteiger partial charge on any atom is 0.418 e. The SMILES string of the molecule is CC(C)(C)c1cn(-c2cc(C(F)(F)F)ccc2C(F)(F)F)c(P(c2ccccc2)c2ccccc2)n1. The second-order valence-corrected chi connectivity index (χ2v) is 11.4. The zero-order valence-corrected chi connectivity index (χ0v) is 20.6. The van der Waals surface area contributed by atoms with Gasteiger partial charge in [0.2, 0.25) is 0 Å². The van der Waals surface area contributed by atoms with Gasteiger partial charge in [-0.25, -0.2) is 4.98 Å². The van der Waals surface area contributed by atoms with E-state index < -0.39 is 42.5 Å². The molecule has 0 saturated carbocycles. The molecule has 0 spiro atoms. The van der Waals surface area contributed by atoms with Crippen molar-refractivity contribution in [3.63, 3.8) is 0 Å². The Morgan fingerprint density at radius 3 is 1.67 bits per heavy atom. The third-order valence-corrected chi connectivity index (χ3v) is 7.92. The topological polar surface area (TPSA) is 17.8 Å². The molecule has 1 heterocycles. The van der Waals surface area contributed by atoms with Crippen LogP contribution in [0.5, 0.6) is 0 Å². The lowest BCUT2D eigenvalue weighted by Gasteiger charge is -2.22. The summed E-state index contributed by atoms with van der Waals surface area (Å²) in [4.78, 5) is 4.77. The summed E-state index contributed by atoms with van der Waals surface area (Å²) >= 11 is 0. The van der Waals surface area contributed by atoms with Gasteiger partial charge in [0.25, 0.3) is 0 Å². The molecule has 0 amide bonds. The molecule has 3 aromatic carbocycles. The van der Waals surface area contributed by atoms with E-state index in [-0.39, 0.29) is 5.57 Å². The smallest absolute Gasteiger partial charge is 0.299 e. The minimum absolute atomic E-state index is 0.261. The Kier molecular flexibility index (Phi) is 6.78. The maximum absolute atomic E-state index is 14.1. The summed E-state index contributed by atoms with van der Waals surface area (Å²) in [5.41, 5.74) is -2.75. The van der Waals surface area contributed by atoms with Crippen LogP contribution in [-0.4, -0.2) is 9.55 Å². The van der Waals surface area contributed by atoms with Crippen molar-refractivity contribution in [3.8, 4) is 5.69 Å². The van der Waals surface area contributed by atoms with E-state index in [1.54, 1.807) is 0 Å². The van der Waals surface area contributed by atoms with Gasteiger partial charge in [-0.15, -0.1) is 0 Å². The molecule has 1 aromatic heterocycles. The molecular weight excluding hydrogens is 497 g/mol. The molecule has 9 heteroatoms. The fourth-order valence-electron chi connectivity index (χ4n) is 3.75. The second kappa shape index (κ2) is 9.40. The quantitative estimate of drug-likeness (QED) is 0.210. The van der Waals surface area contributed by atoms with Gasteiger partial charge in [-0.3, -0.25) is 4.57 Å². The minimum Gasteiger partial charge on any atom is -0.299 e. The highest BCUT2D eigenvalue weighted by molar-refractivity contribution is 7.79. The average Bonchev–Trinajstić information content (AvgIpc) is 3.25. The van der Waals surface area contributed by atoms with Crippen molar-refractivity contribution in [2.75, 3.05) is 0 Å². The Morgan fingerprint density at radius 2 is 1.22 bits per heavy atom. The zero-order chi connectivity index (χ0) is 26.3. The Morgan fingerprint density at radius 1 is 0.694 bits per heavy atom. The Labute approximate surface area is 206 Å². The van der Waals surface area contributed by atoms with Crippen molar-refractivity contribution in [2.45, 2.75) is 38.5 Å². The lowest BCUT2D eigenvalue weighted by atomic mass is 9.93. The molecule has 0 N–H and O–H groups in total. The van der Waals surface area contributed by atoms with E-state index in [9.17, 15) is 26.3 Å². The van der Waals surface area contributed by atoms with Gasteiger partial charge in [0.05, 0.1) is 22.5 Å². The fourth-order valence-corrected chi connectivity index (χ4v) is 6.04. The van der Waals surface area contributed by atoms with Gasteiger partial charge in [-0.2, -0.15) is 26.3 Å². The van der Waals surface area contributed by atoms with E-state index in [0.717, 1.165) is 10.6 Å². The maximum atomic E-state index is 14.1. The molecule has 0 fully saturated rings. The van der Waals surface area contributed by atoms with Crippen LogP contribution in [0.4, 0.5) is 26.3 Å². The summed E-state index contributed by atoms with van der Waals surface area (Å²) in [6.45, 7) is 5.56. The van der Waals surface area contributed by atoms with Crippen molar-refractivity contribution in [3.05, 3.63) is 102 Å². The van der Waals surface area contributed by atoms with Crippen LogP contribution in [0.25, 0.3) is 5.69 Å². The second-order valence-electron chi connectivity index (χ2n) is 9.28. The van der Waals surface area contributed by atoms with Crippen LogP contribution in [-0.2, 0) is 17.8 Å². The van der Waals surface area contributed by atoms with Crippen molar-refractivity contribution >= 4 is 24.1 Å². The largest absolute Gasteiger partial charge is 0.418 e. The molecule has 0 atom stereocenters. The lowest BCUT2D eigenvalue weighted by Crippen LogP contribution is -2.28. The molecule has 0 saturated heterocycles. The van der Waals surface area contributed by atoms with Crippen molar-refractivity contribution in [1.82, 2.24) is 9.55 Å². The summed E-state index contributed by atoms with van der Waals surface area (Å²) in [6.07, 6.45) is -8.25. The van der Waals surface area contributed by atoms with Gasteiger partial charge in [0.1, 0.15) is 5.57 Å². The first-order valence-corrected chi connectivity index (χ1v) is 12.4. The summed E-state index contributed by atoms with van der Waals surface area (Å²) in [5, 5.41) is 1.62. The fraction of sp³-hybridized carbons (Fsp3) is 0.222. The number of halogens is 6. The highest BCUT2D eigenvalue weighted by Gasteiger charge is 2.39. The third-order valence-electron chi connectivity index (χ3n) is 5.57. The molecule has 0 aliphatic rings. The van der Waals surface area contributed by atoms with E-state index in [0.29, 0.717) is 23.9 Å². The first-order chi connectivity index (χ1) is 16.8. The number of benzene rings is 3. The molecule has 188 valence electrons. The Bertz CT molecular complexity index is 1300. The summed E-state index contributed by atoms with van der Waals surface area (Å²) in [6, 6.07) is 19.8. The van der Waals surface area contributed by atoms with E-state index in [2.05, 4.69) is 0 Å². The molecule has 4 rings (SSSR count). The van der Waals surface area contributed by atoms with Gasteiger partial charge in [-0.05, 0) is 28.8 Å². The Balaban J connectivity index is 2.09.